The average Bonchev–Trinajstić information content (AvgIpc) is 3.17. The number of carbonyl (C=O) groups excluding carboxylic acids is 2. The lowest BCUT2D eigenvalue weighted by molar-refractivity contribution is -0.125. The van der Waals surface area contributed by atoms with Crippen LogP contribution < -0.4 is 15.4 Å². The highest BCUT2D eigenvalue weighted by molar-refractivity contribution is 6.04. The number of aromatic nitrogens is 2. The Bertz CT molecular complexity index is 1190. The normalized spacial score (nSPS) is 15.0. The summed E-state index contributed by atoms with van der Waals surface area (Å²) in [5, 5.41) is 18.8. The zero-order chi connectivity index (χ0) is 22.1. The molecule has 10 heteroatoms. The SMILES string of the molecule is COc1ccc(C(=O)O)cc1NC(=O)C1CC(=O)Nc2c(-c3ccc(F)cc3)cnn21. The standard InChI is InChI=1S/C21H17FN4O5/c1-31-17-7-4-12(21(29)30)8-15(17)24-20(28)16-9-18(27)25-19-14(10-23-26(16)19)11-2-5-13(22)6-3-11/h2-8,10,16H,9H2,1H3,(H,24,28)(H,25,27)(H,29,30). The summed E-state index contributed by atoms with van der Waals surface area (Å²) in [6, 6.07) is 8.75. The number of aromatic carboxylic acids is 1. The number of hydrogen-bond acceptors (Lipinski definition) is 5. The summed E-state index contributed by atoms with van der Waals surface area (Å²) in [5.41, 5.74) is 1.29. The molecule has 0 bridgehead atoms. The molecule has 0 spiro atoms. The van der Waals surface area contributed by atoms with Crippen molar-refractivity contribution in [3.63, 3.8) is 0 Å². The third-order valence-electron chi connectivity index (χ3n) is 4.89. The second kappa shape index (κ2) is 7.90. The van der Waals surface area contributed by atoms with Crippen LogP contribution in [0.25, 0.3) is 11.1 Å². The first-order valence-corrected chi connectivity index (χ1v) is 9.23. The van der Waals surface area contributed by atoms with Crippen LogP contribution in [0.1, 0.15) is 22.8 Å². The van der Waals surface area contributed by atoms with Gasteiger partial charge < -0.3 is 20.5 Å². The van der Waals surface area contributed by atoms with Gasteiger partial charge in [0.05, 0.1) is 31.0 Å². The van der Waals surface area contributed by atoms with Crippen molar-refractivity contribution in [3.05, 3.63) is 60.0 Å². The van der Waals surface area contributed by atoms with Crippen molar-refractivity contribution in [2.45, 2.75) is 12.5 Å². The van der Waals surface area contributed by atoms with E-state index in [0.29, 0.717) is 16.9 Å². The monoisotopic (exact) mass is 424 g/mol. The number of hydrogen-bond donors (Lipinski definition) is 3. The van der Waals surface area contributed by atoms with Gasteiger partial charge in [0.15, 0.2) is 0 Å². The van der Waals surface area contributed by atoms with Crippen LogP contribution in [0.5, 0.6) is 5.75 Å². The van der Waals surface area contributed by atoms with Crippen molar-refractivity contribution >= 4 is 29.3 Å². The fraction of sp³-hybridized carbons (Fsp3) is 0.143. The Morgan fingerprint density at radius 1 is 1.26 bits per heavy atom. The summed E-state index contributed by atoms with van der Waals surface area (Å²) in [6.07, 6.45) is 1.32. The van der Waals surface area contributed by atoms with Crippen LogP contribution >= 0.6 is 0 Å². The summed E-state index contributed by atoms with van der Waals surface area (Å²) < 4.78 is 19.8. The van der Waals surface area contributed by atoms with Crippen LogP contribution in [0.3, 0.4) is 0 Å². The van der Waals surface area contributed by atoms with Crippen molar-refractivity contribution in [3.8, 4) is 16.9 Å². The molecular formula is C21H17FN4O5. The molecule has 1 aliphatic rings. The highest BCUT2D eigenvalue weighted by Crippen LogP contribution is 2.35. The molecule has 4 rings (SSSR count). The molecule has 31 heavy (non-hydrogen) atoms. The Morgan fingerprint density at radius 3 is 2.68 bits per heavy atom. The van der Waals surface area contributed by atoms with Crippen LogP contribution in [0.15, 0.2) is 48.7 Å². The molecule has 2 heterocycles. The maximum atomic E-state index is 13.3. The lowest BCUT2D eigenvalue weighted by Crippen LogP contribution is -2.36. The van der Waals surface area contributed by atoms with Gasteiger partial charge in [0, 0.05) is 5.56 Å². The van der Waals surface area contributed by atoms with E-state index in [-0.39, 0.29) is 29.3 Å². The molecular weight excluding hydrogens is 407 g/mol. The Balaban J connectivity index is 1.67. The number of fused-ring (bicyclic) bond motifs is 1. The minimum atomic E-state index is -1.16. The van der Waals surface area contributed by atoms with E-state index >= 15 is 0 Å². The average molecular weight is 424 g/mol. The van der Waals surface area contributed by atoms with Crippen molar-refractivity contribution < 1.29 is 28.6 Å². The fourth-order valence-electron chi connectivity index (χ4n) is 3.37. The number of benzene rings is 2. The van der Waals surface area contributed by atoms with Crippen molar-refractivity contribution in [2.24, 2.45) is 0 Å². The number of nitrogens with zero attached hydrogens (tertiary/aromatic N) is 2. The molecule has 158 valence electrons. The van der Waals surface area contributed by atoms with E-state index in [1.807, 2.05) is 0 Å². The molecule has 3 aromatic rings. The molecule has 1 aromatic heterocycles. The molecule has 2 amide bonds. The van der Waals surface area contributed by atoms with Crippen molar-refractivity contribution in [1.29, 1.82) is 0 Å². The molecule has 1 aliphatic heterocycles. The van der Waals surface area contributed by atoms with Crippen LogP contribution in [0, 0.1) is 5.82 Å². The van der Waals surface area contributed by atoms with Gasteiger partial charge in [0.1, 0.15) is 23.4 Å². The predicted octanol–water partition coefficient (Wildman–Crippen LogP) is 2.92. The Kier molecular flexibility index (Phi) is 5.12. The van der Waals surface area contributed by atoms with E-state index in [0.717, 1.165) is 0 Å². The molecule has 3 N–H and O–H groups in total. The number of rotatable bonds is 5. The first-order valence-electron chi connectivity index (χ1n) is 9.23. The fourth-order valence-corrected chi connectivity index (χ4v) is 3.37. The molecule has 0 saturated heterocycles. The van der Waals surface area contributed by atoms with E-state index in [2.05, 4.69) is 15.7 Å². The molecule has 2 aromatic carbocycles. The van der Waals surface area contributed by atoms with Crippen LogP contribution in [-0.2, 0) is 9.59 Å². The van der Waals surface area contributed by atoms with Gasteiger partial charge in [-0.1, -0.05) is 12.1 Å². The molecule has 1 atom stereocenters. The lowest BCUT2D eigenvalue weighted by Gasteiger charge is -2.25. The van der Waals surface area contributed by atoms with Crippen LogP contribution in [0.4, 0.5) is 15.9 Å². The predicted molar refractivity (Wildman–Crippen MR) is 108 cm³/mol. The zero-order valence-corrected chi connectivity index (χ0v) is 16.3. The van der Waals surface area contributed by atoms with Gasteiger partial charge in [-0.05, 0) is 35.9 Å². The van der Waals surface area contributed by atoms with E-state index in [9.17, 15) is 23.9 Å². The third-order valence-corrected chi connectivity index (χ3v) is 4.89. The number of carboxylic acids is 1. The maximum Gasteiger partial charge on any atom is 0.335 e. The Labute approximate surface area is 175 Å². The maximum absolute atomic E-state index is 13.3. The Morgan fingerprint density at radius 2 is 2.00 bits per heavy atom. The number of halogens is 1. The van der Waals surface area contributed by atoms with Gasteiger partial charge in [-0.3, -0.25) is 9.59 Å². The topological polar surface area (TPSA) is 123 Å². The molecule has 0 saturated carbocycles. The number of ether oxygens (including phenoxy) is 1. The quantitative estimate of drug-likeness (QED) is 0.579. The second-order valence-corrected chi connectivity index (χ2v) is 6.84. The Hall–Kier alpha value is -4.21. The minimum absolute atomic E-state index is 0.0316. The second-order valence-electron chi connectivity index (χ2n) is 6.84. The molecule has 9 nitrogen and oxygen atoms in total. The molecule has 0 radical (unpaired) electrons. The third kappa shape index (κ3) is 3.82. The zero-order valence-electron chi connectivity index (χ0n) is 16.3. The van der Waals surface area contributed by atoms with Gasteiger partial charge >= 0.3 is 5.97 Å². The van der Waals surface area contributed by atoms with Gasteiger partial charge in [0.25, 0.3) is 0 Å². The lowest BCUT2D eigenvalue weighted by atomic mass is 10.1. The summed E-state index contributed by atoms with van der Waals surface area (Å²) in [6.45, 7) is 0. The summed E-state index contributed by atoms with van der Waals surface area (Å²) in [4.78, 5) is 36.6. The van der Waals surface area contributed by atoms with Gasteiger partial charge in [0.2, 0.25) is 11.8 Å². The van der Waals surface area contributed by atoms with E-state index in [4.69, 9.17) is 4.74 Å². The van der Waals surface area contributed by atoms with Crippen molar-refractivity contribution in [1.82, 2.24) is 9.78 Å². The van der Waals surface area contributed by atoms with E-state index < -0.39 is 23.7 Å². The van der Waals surface area contributed by atoms with Crippen LogP contribution in [-0.4, -0.2) is 39.8 Å². The smallest absolute Gasteiger partial charge is 0.335 e. The number of carbonyl (C=O) groups is 3. The number of nitrogens with one attached hydrogen (secondary N) is 2. The van der Waals surface area contributed by atoms with Crippen LogP contribution in [0.2, 0.25) is 0 Å². The van der Waals surface area contributed by atoms with Gasteiger partial charge in [-0.15, -0.1) is 0 Å². The highest BCUT2D eigenvalue weighted by Gasteiger charge is 2.33. The van der Waals surface area contributed by atoms with E-state index in [1.165, 1.54) is 48.3 Å². The number of amides is 2. The number of anilines is 2. The first kappa shape index (κ1) is 20.1. The summed E-state index contributed by atoms with van der Waals surface area (Å²) >= 11 is 0. The number of carboxylic acid groups (broad SMARTS) is 1. The van der Waals surface area contributed by atoms with Gasteiger partial charge in [-0.2, -0.15) is 5.10 Å². The molecule has 0 fully saturated rings. The van der Waals surface area contributed by atoms with Gasteiger partial charge in [-0.25, -0.2) is 13.9 Å². The summed E-state index contributed by atoms with van der Waals surface area (Å²) in [5.74, 6) is -1.92. The number of methoxy groups -OCH3 is 1. The molecule has 1 unspecified atom stereocenters. The summed E-state index contributed by atoms with van der Waals surface area (Å²) in [7, 11) is 1.39. The van der Waals surface area contributed by atoms with Crippen molar-refractivity contribution in [2.75, 3.05) is 17.7 Å². The van der Waals surface area contributed by atoms with E-state index in [1.54, 1.807) is 12.1 Å². The minimum Gasteiger partial charge on any atom is -0.495 e. The highest BCUT2D eigenvalue weighted by atomic mass is 19.1. The largest absolute Gasteiger partial charge is 0.495 e. The first-order chi connectivity index (χ1) is 14.9. The molecule has 0 aliphatic carbocycles.